The average Bonchev–Trinajstić information content (AvgIpc) is 2.92. The van der Waals surface area contributed by atoms with E-state index >= 15 is 0 Å². The normalized spacial score (nSPS) is 16.1. The van der Waals surface area contributed by atoms with E-state index in [1.54, 1.807) is 12.1 Å². The third kappa shape index (κ3) is 8.15. The number of anilines is 4. The Balaban J connectivity index is 1.58. The Bertz CT molecular complexity index is 1380. The molecule has 1 aromatic heterocycles. The van der Waals surface area contributed by atoms with Crippen LogP contribution in [0.1, 0.15) is 29.6 Å². The molecule has 0 saturated heterocycles. The predicted octanol–water partition coefficient (Wildman–Crippen LogP) is -1.29. The van der Waals surface area contributed by atoms with E-state index in [2.05, 4.69) is 31.2 Å². The minimum absolute atomic E-state index is 0.00852. The number of carboxylic acids is 3. The number of carbonyl (C=O) groups is 5. The fourth-order valence-electron chi connectivity index (χ4n) is 4.05. The van der Waals surface area contributed by atoms with E-state index in [0.29, 0.717) is 24.6 Å². The molecule has 1 amide bonds. The van der Waals surface area contributed by atoms with E-state index in [1.807, 2.05) is 0 Å². The number of amides is 1. The number of benzene rings is 1. The molecule has 0 spiro atoms. The van der Waals surface area contributed by atoms with Crippen LogP contribution in [-0.4, -0.2) is 86.1 Å². The van der Waals surface area contributed by atoms with Gasteiger partial charge >= 0.3 is 17.9 Å². The van der Waals surface area contributed by atoms with Gasteiger partial charge in [0, 0.05) is 30.8 Å². The molecule has 0 aliphatic carbocycles. The van der Waals surface area contributed by atoms with Crippen molar-refractivity contribution in [1.29, 1.82) is 0 Å². The maximum Gasteiger partial charge on any atom is 0.326 e. The Kier molecular flexibility index (Phi) is 9.81. The molecule has 41 heavy (non-hydrogen) atoms. The molecular weight excluding hydrogens is 544 g/mol. The van der Waals surface area contributed by atoms with Gasteiger partial charge in [0.15, 0.2) is 11.6 Å². The maximum atomic E-state index is 12.7. The largest absolute Gasteiger partial charge is 0.481 e. The highest BCUT2D eigenvalue weighted by atomic mass is 16.4. The Labute approximate surface area is 231 Å². The van der Waals surface area contributed by atoms with Crippen molar-refractivity contribution in [3.05, 3.63) is 40.2 Å². The Morgan fingerprint density at radius 2 is 1.76 bits per heavy atom. The number of aromatic amines is 1. The number of nitrogens with zero attached hydrogens (tertiary/aromatic N) is 1. The molecule has 17 nitrogen and oxygen atoms in total. The van der Waals surface area contributed by atoms with E-state index in [4.69, 9.17) is 16.6 Å². The SMILES string of the molecule is Nc1nc2c(c(=O)[nH]1)NC(CNc1ccc(C(=O)NC(CC(C(=O)O)C(=O)C(N)CCC(=O)O)C(=O)O)cc1)CN2. The highest BCUT2D eigenvalue weighted by Gasteiger charge is 2.36. The first kappa shape index (κ1) is 30.4. The molecule has 0 fully saturated rings. The van der Waals surface area contributed by atoms with E-state index in [1.165, 1.54) is 12.1 Å². The summed E-state index contributed by atoms with van der Waals surface area (Å²) < 4.78 is 0. The molecule has 0 bridgehead atoms. The molecule has 1 aliphatic rings. The van der Waals surface area contributed by atoms with Gasteiger partial charge in [0.2, 0.25) is 5.95 Å². The Hall–Kier alpha value is -5.19. The number of nitrogen functional groups attached to an aromatic ring is 1. The summed E-state index contributed by atoms with van der Waals surface area (Å²) in [5.41, 5.74) is 11.7. The highest BCUT2D eigenvalue weighted by Crippen LogP contribution is 2.20. The molecule has 3 rings (SSSR count). The van der Waals surface area contributed by atoms with Crippen LogP contribution in [-0.2, 0) is 19.2 Å². The third-order valence-corrected chi connectivity index (χ3v) is 6.25. The maximum absolute atomic E-state index is 12.7. The number of nitrogens with one attached hydrogen (secondary N) is 5. The fraction of sp³-hybridized carbons (Fsp3) is 0.375. The van der Waals surface area contributed by atoms with Crippen molar-refractivity contribution in [2.75, 3.05) is 34.8 Å². The molecule has 220 valence electrons. The summed E-state index contributed by atoms with van der Waals surface area (Å²) in [7, 11) is 0. The fourth-order valence-corrected chi connectivity index (χ4v) is 4.05. The second-order valence-electron chi connectivity index (χ2n) is 9.29. The topological polar surface area (TPSA) is 292 Å². The van der Waals surface area contributed by atoms with E-state index in [0.717, 1.165) is 0 Å². The van der Waals surface area contributed by atoms with Crippen molar-refractivity contribution in [3.63, 3.8) is 0 Å². The van der Waals surface area contributed by atoms with Gasteiger partial charge in [0.1, 0.15) is 17.6 Å². The van der Waals surface area contributed by atoms with Gasteiger partial charge in [-0.05, 0) is 37.1 Å². The minimum Gasteiger partial charge on any atom is -0.481 e. The number of carboxylic acid groups (broad SMARTS) is 3. The first-order chi connectivity index (χ1) is 19.3. The lowest BCUT2D eigenvalue weighted by Crippen LogP contribution is -2.47. The van der Waals surface area contributed by atoms with E-state index in [9.17, 15) is 39.0 Å². The zero-order valence-corrected chi connectivity index (χ0v) is 21.5. The molecule has 1 aromatic carbocycles. The van der Waals surface area contributed by atoms with E-state index < -0.39 is 66.0 Å². The smallest absolute Gasteiger partial charge is 0.326 e. The van der Waals surface area contributed by atoms with Crippen LogP contribution in [0.5, 0.6) is 0 Å². The Morgan fingerprint density at radius 1 is 1.07 bits per heavy atom. The number of Topliss-reactive ketones (excluding diaryl/α,β-unsaturated/α-hetero) is 1. The number of nitrogens with two attached hydrogens (primary N) is 2. The molecule has 0 saturated carbocycles. The summed E-state index contributed by atoms with van der Waals surface area (Å²) in [6.45, 7) is 0.819. The number of rotatable bonds is 14. The molecule has 2 heterocycles. The van der Waals surface area contributed by atoms with Crippen molar-refractivity contribution >= 4 is 52.7 Å². The summed E-state index contributed by atoms with van der Waals surface area (Å²) >= 11 is 0. The van der Waals surface area contributed by atoms with Gasteiger partial charge in [-0.2, -0.15) is 4.98 Å². The van der Waals surface area contributed by atoms with Gasteiger partial charge in [0.05, 0.1) is 12.1 Å². The zero-order valence-electron chi connectivity index (χ0n) is 21.5. The van der Waals surface area contributed by atoms with Crippen molar-refractivity contribution in [2.45, 2.75) is 37.4 Å². The predicted molar refractivity (Wildman–Crippen MR) is 145 cm³/mol. The number of fused-ring (bicyclic) bond motifs is 1. The molecule has 4 unspecified atom stereocenters. The molecule has 1 aliphatic heterocycles. The third-order valence-electron chi connectivity index (χ3n) is 6.25. The van der Waals surface area contributed by atoms with Gasteiger partial charge in [-0.25, -0.2) is 4.79 Å². The second-order valence-corrected chi connectivity index (χ2v) is 9.29. The standard InChI is InChI=1S/C24H30N8O9/c25-14(5-6-16(33)34)18(35)13(22(38)39)7-15(23(40)41)30-20(36)10-1-3-11(4-2-10)27-8-12-9-28-19-17(29-12)21(37)32-24(26)31-19/h1-4,12-15,27,29H,5-9,25H2,(H,30,36)(H,33,34)(H,38,39)(H,40,41)(H4,26,28,31,32,37). The number of hydrogen-bond acceptors (Lipinski definition) is 12. The number of hydrogen-bond donors (Lipinski definition) is 10. The summed E-state index contributed by atoms with van der Waals surface area (Å²) in [6.07, 6.45) is -1.59. The molecule has 0 radical (unpaired) electrons. The molecule has 4 atom stereocenters. The minimum atomic E-state index is -1.87. The molecule has 17 heteroatoms. The van der Waals surface area contributed by atoms with E-state index in [-0.39, 0.29) is 29.7 Å². The summed E-state index contributed by atoms with van der Waals surface area (Å²) in [5.74, 6) is -7.84. The highest BCUT2D eigenvalue weighted by molar-refractivity contribution is 6.02. The van der Waals surface area contributed by atoms with Crippen LogP contribution >= 0.6 is 0 Å². The average molecular weight is 575 g/mol. The molecule has 2 aromatic rings. The lowest BCUT2D eigenvalue weighted by molar-refractivity contribution is -0.148. The van der Waals surface area contributed by atoms with Crippen molar-refractivity contribution in [3.8, 4) is 0 Å². The number of ketones is 1. The molecule has 12 N–H and O–H groups in total. The molecular formula is C24H30N8O9. The van der Waals surface area contributed by atoms with Gasteiger partial charge in [-0.15, -0.1) is 0 Å². The Morgan fingerprint density at radius 3 is 2.37 bits per heavy atom. The van der Waals surface area contributed by atoms with Crippen molar-refractivity contribution in [1.82, 2.24) is 15.3 Å². The van der Waals surface area contributed by atoms with Crippen LogP contribution in [0, 0.1) is 5.92 Å². The van der Waals surface area contributed by atoms with Crippen LogP contribution in [0.25, 0.3) is 0 Å². The van der Waals surface area contributed by atoms with Gasteiger partial charge in [-0.3, -0.25) is 29.0 Å². The zero-order chi connectivity index (χ0) is 30.3. The summed E-state index contributed by atoms with van der Waals surface area (Å²) in [6, 6.07) is 2.59. The second kappa shape index (κ2) is 13.2. The van der Waals surface area contributed by atoms with Crippen molar-refractivity contribution in [2.24, 2.45) is 11.7 Å². The summed E-state index contributed by atoms with van der Waals surface area (Å²) in [4.78, 5) is 77.8. The van der Waals surface area contributed by atoms with Crippen LogP contribution < -0.4 is 38.3 Å². The number of aromatic nitrogens is 2. The number of H-pyrrole nitrogens is 1. The van der Waals surface area contributed by atoms with Crippen LogP contribution in [0.4, 0.5) is 23.1 Å². The lowest BCUT2D eigenvalue weighted by atomic mass is 9.90. The van der Waals surface area contributed by atoms with Gasteiger partial charge in [-0.1, -0.05) is 0 Å². The van der Waals surface area contributed by atoms with Crippen LogP contribution in [0.2, 0.25) is 0 Å². The summed E-state index contributed by atoms with van der Waals surface area (Å²) in [5, 5.41) is 39.2. The van der Waals surface area contributed by atoms with Crippen LogP contribution in [0.3, 0.4) is 0 Å². The first-order valence-electron chi connectivity index (χ1n) is 12.4. The first-order valence-corrected chi connectivity index (χ1v) is 12.4. The lowest BCUT2D eigenvalue weighted by Gasteiger charge is -2.27. The number of aliphatic carboxylic acids is 3. The number of carbonyl (C=O) groups excluding carboxylic acids is 2. The quantitative estimate of drug-likeness (QED) is 0.117. The van der Waals surface area contributed by atoms with Gasteiger partial charge < -0.3 is 48.1 Å². The van der Waals surface area contributed by atoms with Gasteiger partial charge in [0.25, 0.3) is 11.5 Å². The monoisotopic (exact) mass is 574 g/mol. The van der Waals surface area contributed by atoms with Crippen LogP contribution in [0.15, 0.2) is 29.1 Å². The van der Waals surface area contributed by atoms with Crippen molar-refractivity contribution < 1.29 is 39.3 Å².